The first-order valence-electron chi connectivity index (χ1n) is 15.8. The van der Waals surface area contributed by atoms with E-state index in [2.05, 4.69) is 89.9 Å². The summed E-state index contributed by atoms with van der Waals surface area (Å²) in [6.45, 7) is 0. The number of hydrogen-bond donors (Lipinski definition) is 0. The van der Waals surface area contributed by atoms with E-state index in [1.807, 2.05) is 78.9 Å². The molecule has 0 fully saturated rings. The van der Waals surface area contributed by atoms with E-state index < -0.39 is 0 Å². The first kappa shape index (κ1) is 28.9. The van der Waals surface area contributed by atoms with Crippen molar-refractivity contribution in [2.24, 2.45) is 0 Å². The fraction of sp³-hybridized carbons (Fsp3) is 0. The van der Waals surface area contributed by atoms with E-state index in [1.165, 1.54) is 0 Å². The van der Waals surface area contributed by atoms with Crippen molar-refractivity contribution in [1.82, 2.24) is 24.9 Å². The Bertz CT molecular complexity index is 2190. The van der Waals surface area contributed by atoms with Crippen molar-refractivity contribution in [2.75, 3.05) is 0 Å². The van der Waals surface area contributed by atoms with Crippen LogP contribution in [-0.4, -0.2) is 24.9 Å². The number of aromatic nitrogens is 5. The van der Waals surface area contributed by atoms with Crippen molar-refractivity contribution in [1.29, 1.82) is 0 Å². The van der Waals surface area contributed by atoms with Crippen LogP contribution in [0.5, 0.6) is 0 Å². The van der Waals surface area contributed by atoms with E-state index in [9.17, 15) is 0 Å². The number of rotatable bonds is 7. The van der Waals surface area contributed by atoms with E-state index >= 15 is 0 Å². The summed E-state index contributed by atoms with van der Waals surface area (Å²) in [7, 11) is 0. The molecule has 0 radical (unpaired) electrons. The monoisotopic (exact) mass is 615 g/mol. The third-order valence-corrected chi connectivity index (χ3v) is 8.22. The lowest BCUT2D eigenvalue weighted by molar-refractivity contribution is 1.17. The molecule has 0 atom stereocenters. The first-order chi connectivity index (χ1) is 23.8. The topological polar surface area (TPSA) is 64.5 Å². The van der Waals surface area contributed by atoms with Gasteiger partial charge in [-0.1, -0.05) is 133 Å². The molecule has 5 aromatic carbocycles. The Morgan fingerprint density at radius 2 is 0.688 bits per heavy atom. The van der Waals surface area contributed by atoms with Gasteiger partial charge in [0.05, 0.1) is 22.8 Å². The second-order valence-corrected chi connectivity index (χ2v) is 11.4. The fourth-order valence-electron chi connectivity index (χ4n) is 5.74. The quantitative estimate of drug-likeness (QED) is 0.178. The second kappa shape index (κ2) is 13.0. The van der Waals surface area contributed by atoms with Crippen LogP contribution in [0.15, 0.2) is 176 Å². The summed E-state index contributed by atoms with van der Waals surface area (Å²) in [5, 5.41) is 0. The first-order valence-corrected chi connectivity index (χ1v) is 15.8. The average molecular weight is 616 g/mol. The summed E-state index contributed by atoms with van der Waals surface area (Å²) in [6, 6.07) is 55.7. The lowest BCUT2D eigenvalue weighted by Gasteiger charge is -2.11. The average Bonchev–Trinajstić information content (AvgIpc) is 3.19. The minimum atomic E-state index is 0.644. The van der Waals surface area contributed by atoms with E-state index in [-0.39, 0.29) is 0 Å². The smallest absolute Gasteiger partial charge is 0.161 e. The summed E-state index contributed by atoms with van der Waals surface area (Å²) in [4.78, 5) is 24.1. The van der Waals surface area contributed by atoms with Crippen molar-refractivity contribution in [3.8, 4) is 78.9 Å². The van der Waals surface area contributed by atoms with E-state index in [1.54, 1.807) is 12.4 Å². The Morgan fingerprint density at radius 1 is 0.271 bits per heavy atom. The van der Waals surface area contributed by atoms with Gasteiger partial charge in [-0.25, -0.2) is 19.9 Å². The lowest BCUT2D eigenvalue weighted by Crippen LogP contribution is -1.96. The zero-order valence-electron chi connectivity index (χ0n) is 26.0. The summed E-state index contributed by atoms with van der Waals surface area (Å²) in [5.74, 6) is 1.35. The standard InChI is InChI=1S/C43H29N5/c1-4-12-31(13-5-1)38-27-40(47-43(46-38)37-20-11-25-44-29-37)33-23-21-30(22-24-33)35-18-10-19-36(26-35)41-28-39(32-14-6-2-7-15-32)45-42(48-41)34-16-8-3-9-17-34/h1-29H. The van der Waals surface area contributed by atoms with Crippen molar-refractivity contribution in [2.45, 2.75) is 0 Å². The molecular weight excluding hydrogens is 587 g/mol. The van der Waals surface area contributed by atoms with Crippen molar-refractivity contribution in [3.05, 3.63) is 176 Å². The van der Waals surface area contributed by atoms with Crippen LogP contribution in [0, 0.1) is 0 Å². The Labute approximate surface area is 279 Å². The number of benzene rings is 5. The van der Waals surface area contributed by atoms with Gasteiger partial charge in [0.25, 0.3) is 0 Å². The second-order valence-electron chi connectivity index (χ2n) is 11.4. The molecule has 8 aromatic rings. The summed E-state index contributed by atoms with van der Waals surface area (Å²) in [5.41, 5.74) is 11.7. The molecule has 48 heavy (non-hydrogen) atoms. The van der Waals surface area contributed by atoms with Gasteiger partial charge in [0.15, 0.2) is 11.6 Å². The van der Waals surface area contributed by atoms with Gasteiger partial charge in [0.2, 0.25) is 0 Å². The molecule has 0 saturated carbocycles. The molecule has 0 N–H and O–H groups in total. The maximum Gasteiger partial charge on any atom is 0.161 e. The lowest BCUT2D eigenvalue weighted by atomic mass is 9.99. The zero-order chi connectivity index (χ0) is 32.1. The maximum absolute atomic E-state index is 5.02. The van der Waals surface area contributed by atoms with E-state index in [0.717, 1.165) is 67.3 Å². The van der Waals surface area contributed by atoms with Crippen LogP contribution in [0.2, 0.25) is 0 Å². The highest BCUT2D eigenvalue weighted by Crippen LogP contribution is 2.32. The molecule has 0 saturated heterocycles. The van der Waals surface area contributed by atoms with Crippen LogP contribution in [0.25, 0.3) is 78.9 Å². The molecule has 0 aliphatic heterocycles. The predicted octanol–water partition coefficient (Wildman–Crippen LogP) is 10.3. The number of hydrogen-bond acceptors (Lipinski definition) is 5. The molecule has 0 amide bonds. The van der Waals surface area contributed by atoms with Crippen molar-refractivity contribution >= 4 is 0 Å². The Balaban J connectivity index is 1.16. The molecule has 0 spiro atoms. The third kappa shape index (κ3) is 6.13. The Kier molecular flexibility index (Phi) is 7.83. The zero-order valence-corrected chi connectivity index (χ0v) is 26.0. The molecule has 0 bridgehead atoms. The van der Waals surface area contributed by atoms with Crippen molar-refractivity contribution in [3.63, 3.8) is 0 Å². The van der Waals surface area contributed by atoms with Gasteiger partial charge in [-0.3, -0.25) is 4.98 Å². The van der Waals surface area contributed by atoms with Gasteiger partial charge in [-0.2, -0.15) is 0 Å². The molecule has 0 unspecified atom stereocenters. The molecule has 3 heterocycles. The van der Waals surface area contributed by atoms with Crippen LogP contribution < -0.4 is 0 Å². The molecular formula is C43H29N5. The van der Waals surface area contributed by atoms with Gasteiger partial charge < -0.3 is 0 Å². The van der Waals surface area contributed by atoms with E-state index in [0.29, 0.717) is 11.6 Å². The molecule has 5 nitrogen and oxygen atoms in total. The fourth-order valence-corrected chi connectivity index (χ4v) is 5.74. The van der Waals surface area contributed by atoms with Gasteiger partial charge in [-0.05, 0) is 41.5 Å². The normalized spacial score (nSPS) is 10.9. The van der Waals surface area contributed by atoms with Gasteiger partial charge >= 0.3 is 0 Å². The Hall–Kier alpha value is -6.59. The maximum atomic E-state index is 5.02. The highest BCUT2D eigenvalue weighted by atomic mass is 14.9. The molecule has 8 rings (SSSR count). The SMILES string of the molecule is c1ccc(-c2cc(-c3cccc(-c4ccc(-c5cc(-c6ccccc6)nc(-c6cccnc6)n5)cc4)c3)nc(-c3ccccc3)n2)cc1. The van der Waals surface area contributed by atoms with Crippen LogP contribution in [0.3, 0.4) is 0 Å². The predicted molar refractivity (Wildman–Crippen MR) is 193 cm³/mol. The third-order valence-electron chi connectivity index (χ3n) is 8.22. The minimum absolute atomic E-state index is 0.644. The number of nitrogens with zero attached hydrogens (tertiary/aromatic N) is 5. The highest BCUT2D eigenvalue weighted by molar-refractivity contribution is 5.78. The summed E-state index contributed by atoms with van der Waals surface area (Å²) < 4.78 is 0. The summed E-state index contributed by atoms with van der Waals surface area (Å²) >= 11 is 0. The molecule has 5 heteroatoms. The number of pyridine rings is 1. The van der Waals surface area contributed by atoms with Crippen LogP contribution in [-0.2, 0) is 0 Å². The minimum Gasteiger partial charge on any atom is -0.264 e. The van der Waals surface area contributed by atoms with Crippen LogP contribution in [0.4, 0.5) is 0 Å². The largest absolute Gasteiger partial charge is 0.264 e. The molecule has 0 aliphatic rings. The Morgan fingerprint density at radius 3 is 1.23 bits per heavy atom. The van der Waals surface area contributed by atoms with E-state index in [4.69, 9.17) is 19.9 Å². The highest BCUT2D eigenvalue weighted by Gasteiger charge is 2.13. The summed E-state index contributed by atoms with van der Waals surface area (Å²) in [6.07, 6.45) is 3.56. The molecule has 0 aliphatic carbocycles. The molecule has 3 aromatic heterocycles. The van der Waals surface area contributed by atoms with Gasteiger partial charge in [0.1, 0.15) is 0 Å². The molecule has 226 valence electrons. The van der Waals surface area contributed by atoms with Gasteiger partial charge in [-0.15, -0.1) is 0 Å². The van der Waals surface area contributed by atoms with Crippen LogP contribution in [0.1, 0.15) is 0 Å². The van der Waals surface area contributed by atoms with Crippen molar-refractivity contribution < 1.29 is 0 Å². The van der Waals surface area contributed by atoms with Crippen LogP contribution >= 0.6 is 0 Å². The van der Waals surface area contributed by atoms with Gasteiger partial charge in [0, 0.05) is 45.8 Å².